The van der Waals surface area contributed by atoms with Gasteiger partial charge in [0.2, 0.25) is 0 Å². The molecule has 0 aliphatic rings. The van der Waals surface area contributed by atoms with Crippen LogP contribution in [0.2, 0.25) is 10.0 Å². The maximum Gasteiger partial charge on any atom is 0.251 e. The summed E-state index contributed by atoms with van der Waals surface area (Å²) in [6, 6.07) is 11.7. The average Bonchev–Trinajstić information content (AvgIpc) is 2.74. The first-order chi connectivity index (χ1) is 14.8. The lowest BCUT2D eigenvalue weighted by Gasteiger charge is -2.11. The van der Waals surface area contributed by atoms with E-state index in [0.717, 1.165) is 12.1 Å². The fraction of sp³-hybridized carbons (Fsp3) is 0.0909. The summed E-state index contributed by atoms with van der Waals surface area (Å²) in [7, 11) is 0. The van der Waals surface area contributed by atoms with Crippen LogP contribution in [0.25, 0.3) is 0 Å². The highest BCUT2D eigenvalue weighted by Crippen LogP contribution is 2.29. The molecule has 0 fully saturated rings. The predicted octanol–water partition coefficient (Wildman–Crippen LogP) is 4.97. The second-order valence-electron chi connectivity index (χ2n) is 6.45. The van der Waals surface area contributed by atoms with Gasteiger partial charge in [0.1, 0.15) is 11.6 Å². The zero-order valence-corrected chi connectivity index (χ0v) is 17.4. The molecule has 9 heteroatoms. The monoisotopic (exact) mass is 464 g/mol. The SMILES string of the molecule is O=C(NCCO)c1ccc(Cl)c(C(=O)c2ccc(Nc3ccc(F)cc3F)cc2Cl)c1. The van der Waals surface area contributed by atoms with E-state index in [1.807, 2.05) is 0 Å². The Labute approximate surface area is 186 Å². The molecule has 0 heterocycles. The lowest BCUT2D eigenvalue weighted by molar-refractivity contribution is 0.0944. The first-order valence-electron chi connectivity index (χ1n) is 9.05. The van der Waals surface area contributed by atoms with Crippen LogP contribution in [0.5, 0.6) is 0 Å². The smallest absolute Gasteiger partial charge is 0.251 e. The molecule has 3 rings (SSSR count). The number of hydrogen-bond acceptors (Lipinski definition) is 4. The standard InChI is InChI=1S/C22H16Cl2F2N2O3/c23-17-5-1-12(22(31)27-7-8-29)9-16(17)21(30)15-4-3-14(11-18(15)24)28-20-6-2-13(25)10-19(20)26/h1-6,9-11,28-29H,7-8H2,(H,27,31). The molecular weight excluding hydrogens is 449 g/mol. The summed E-state index contributed by atoms with van der Waals surface area (Å²) in [5, 5.41) is 14.3. The molecule has 3 N–H and O–H groups in total. The van der Waals surface area contributed by atoms with Crippen molar-refractivity contribution in [1.29, 1.82) is 0 Å². The van der Waals surface area contributed by atoms with Crippen LogP contribution in [-0.4, -0.2) is 29.9 Å². The number of amides is 1. The highest BCUT2D eigenvalue weighted by atomic mass is 35.5. The van der Waals surface area contributed by atoms with Crippen molar-refractivity contribution in [1.82, 2.24) is 5.32 Å². The fourth-order valence-electron chi connectivity index (χ4n) is 2.78. The van der Waals surface area contributed by atoms with E-state index in [0.29, 0.717) is 5.69 Å². The van der Waals surface area contributed by atoms with E-state index in [1.54, 1.807) is 0 Å². The molecule has 31 heavy (non-hydrogen) atoms. The van der Waals surface area contributed by atoms with Gasteiger partial charge in [-0.05, 0) is 48.5 Å². The van der Waals surface area contributed by atoms with Gasteiger partial charge in [0, 0.05) is 35.0 Å². The van der Waals surface area contributed by atoms with Crippen LogP contribution in [0.4, 0.5) is 20.2 Å². The first kappa shape index (κ1) is 22.7. The number of anilines is 2. The molecule has 3 aromatic rings. The Bertz CT molecular complexity index is 1160. The predicted molar refractivity (Wildman–Crippen MR) is 115 cm³/mol. The molecular formula is C22H16Cl2F2N2O3. The summed E-state index contributed by atoms with van der Waals surface area (Å²) >= 11 is 12.4. The van der Waals surface area contributed by atoms with Gasteiger partial charge in [-0.25, -0.2) is 8.78 Å². The molecule has 0 saturated carbocycles. The van der Waals surface area contributed by atoms with E-state index >= 15 is 0 Å². The Morgan fingerprint density at radius 2 is 1.68 bits per heavy atom. The molecule has 0 aliphatic heterocycles. The van der Waals surface area contributed by atoms with Gasteiger partial charge in [-0.2, -0.15) is 0 Å². The summed E-state index contributed by atoms with van der Waals surface area (Å²) < 4.78 is 26.9. The van der Waals surface area contributed by atoms with E-state index in [2.05, 4.69) is 10.6 Å². The topological polar surface area (TPSA) is 78.4 Å². The lowest BCUT2D eigenvalue weighted by atomic mass is 10.0. The third-order valence-corrected chi connectivity index (χ3v) is 4.94. The van der Waals surface area contributed by atoms with Gasteiger partial charge >= 0.3 is 0 Å². The number of carbonyl (C=O) groups excluding carboxylic acids is 2. The van der Waals surface area contributed by atoms with E-state index < -0.39 is 23.3 Å². The number of carbonyl (C=O) groups is 2. The van der Waals surface area contributed by atoms with Crippen LogP contribution in [0.3, 0.4) is 0 Å². The summed E-state index contributed by atoms with van der Waals surface area (Å²) in [5.41, 5.74) is 0.825. The number of ketones is 1. The van der Waals surface area contributed by atoms with Crippen LogP contribution in [0, 0.1) is 11.6 Å². The second kappa shape index (κ2) is 9.87. The number of aliphatic hydroxyl groups excluding tert-OH is 1. The maximum absolute atomic E-state index is 13.8. The molecule has 3 aromatic carbocycles. The molecule has 5 nitrogen and oxygen atoms in total. The minimum absolute atomic E-state index is 0.0428. The number of aliphatic hydroxyl groups is 1. The Morgan fingerprint density at radius 3 is 2.35 bits per heavy atom. The van der Waals surface area contributed by atoms with E-state index in [9.17, 15) is 18.4 Å². The van der Waals surface area contributed by atoms with Crippen molar-refractivity contribution in [3.63, 3.8) is 0 Å². The van der Waals surface area contributed by atoms with E-state index in [4.69, 9.17) is 28.3 Å². The number of hydrogen-bond donors (Lipinski definition) is 3. The minimum atomic E-state index is -0.778. The van der Waals surface area contributed by atoms with Crippen LogP contribution in [0.1, 0.15) is 26.3 Å². The van der Waals surface area contributed by atoms with E-state index in [1.165, 1.54) is 42.5 Å². The van der Waals surface area contributed by atoms with Crippen molar-refractivity contribution < 1.29 is 23.5 Å². The van der Waals surface area contributed by atoms with Crippen molar-refractivity contribution >= 4 is 46.3 Å². The Morgan fingerprint density at radius 1 is 0.903 bits per heavy atom. The summed E-state index contributed by atoms with van der Waals surface area (Å²) in [6.07, 6.45) is 0. The van der Waals surface area contributed by atoms with Crippen LogP contribution in [0.15, 0.2) is 54.6 Å². The summed E-state index contributed by atoms with van der Waals surface area (Å²) in [6.45, 7) is -0.150. The first-order valence-corrected chi connectivity index (χ1v) is 9.80. The number of nitrogens with one attached hydrogen (secondary N) is 2. The van der Waals surface area contributed by atoms with Gasteiger partial charge in [-0.1, -0.05) is 23.2 Å². The molecule has 1 amide bonds. The third kappa shape index (κ3) is 5.38. The molecule has 0 radical (unpaired) electrons. The largest absolute Gasteiger partial charge is 0.395 e. The van der Waals surface area contributed by atoms with Gasteiger partial charge in [0.15, 0.2) is 5.78 Å². The molecule has 0 aromatic heterocycles. The molecule has 0 unspecified atom stereocenters. The third-order valence-electron chi connectivity index (χ3n) is 4.29. The van der Waals surface area contributed by atoms with E-state index in [-0.39, 0.29) is 45.6 Å². The summed E-state index contributed by atoms with van der Waals surface area (Å²) in [5.74, 6) is -2.46. The van der Waals surface area contributed by atoms with Crippen LogP contribution >= 0.6 is 23.2 Å². The van der Waals surface area contributed by atoms with Gasteiger partial charge < -0.3 is 15.7 Å². The second-order valence-corrected chi connectivity index (χ2v) is 7.26. The van der Waals surface area contributed by atoms with Gasteiger partial charge in [0.05, 0.1) is 22.3 Å². The fourth-order valence-corrected chi connectivity index (χ4v) is 3.25. The van der Waals surface area contributed by atoms with Crippen LogP contribution in [-0.2, 0) is 0 Å². The zero-order chi connectivity index (χ0) is 22.5. The van der Waals surface area contributed by atoms with Gasteiger partial charge in [-0.15, -0.1) is 0 Å². The Hall–Kier alpha value is -3.00. The number of rotatable bonds is 7. The zero-order valence-electron chi connectivity index (χ0n) is 15.9. The van der Waals surface area contributed by atoms with Crippen LogP contribution < -0.4 is 10.6 Å². The molecule has 0 bridgehead atoms. The number of benzene rings is 3. The highest BCUT2D eigenvalue weighted by molar-refractivity contribution is 6.38. The molecule has 0 aliphatic carbocycles. The van der Waals surface area contributed by atoms with Crippen molar-refractivity contribution in [2.45, 2.75) is 0 Å². The normalized spacial score (nSPS) is 10.6. The summed E-state index contributed by atoms with van der Waals surface area (Å²) in [4.78, 5) is 25.1. The molecule has 0 spiro atoms. The highest BCUT2D eigenvalue weighted by Gasteiger charge is 2.19. The average molecular weight is 465 g/mol. The molecule has 0 atom stereocenters. The van der Waals surface area contributed by atoms with Gasteiger partial charge in [-0.3, -0.25) is 9.59 Å². The van der Waals surface area contributed by atoms with Crippen molar-refractivity contribution in [2.24, 2.45) is 0 Å². The Kier molecular flexibility index (Phi) is 7.22. The van der Waals surface area contributed by atoms with Crippen molar-refractivity contribution in [3.05, 3.63) is 93.0 Å². The maximum atomic E-state index is 13.8. The Balaban J connectivity index is 1.86. The minimum Gasteiger partial charge on any atom is -0.395 e. The molecule has 160 valence electrons. The number of halogens is 4. The lowest BCUT2D eigenvalue weighted by Crippen LogP contribution is -2.26. The van der Waals surface area contributed by atoms with Gasteiger partial charge in [0.25, 0.3) is 5.91 Å². The quantitative estimate of drug-likeness (QED) is 0.431. The van der Waals surface area contributed by atoms with Crippen molar-refractivity contribution in [3.8, 4) is 0 Å². The molecule has 0 saturated heterocycles. The van der Waals surface area contributed by atoms with Crippen molar-refractivity contribution in [2.75, 3.05) is 18.5 Å².